The summed E-state index contributed by atoms with van der Waals surface area (Å²) in [7, 11) is -4.04. The third kappa shape index (κ3) is 6.25. The van der Waals surface area contributed by atoms with Crippen LogP contribution in [0.2, 0.25) is 0 Å². The van der Waals surface area contributed by atoms with Crippen molar-refractivity contribution < 1.29 is 22.8 Å². The minimum atomic E-state index is -4.04. The summed E-state index contributed by atoms with van der Waals surface area (Å²) in [5.41, 5.74) is 2.13. The number of benzene rings is 2. The van der Waals surface area contributed by atoms with E-state index < -0.39 is 32.7 Å². The lowest BCUT2D eigenvalue weighted by atomic mass is 10.1. The smallest absolute Gasteiger partial charge is 0.242 e. The van der Waals surface area contributed by atoms with Crippen molar-refractivity contribution >= 4 is 38.8 Å². The van der Waals surface area contributed by atoms with Crippen molar-refractivity contribution in [3.63, 3.8) is 0 Å². The lowest BCUT2D eigenvalue weighted by Gasteiger charge is -2.16. The van der Waals surface area contributed by atoms with Gasteiger partial charge in [0.15, 0.2) is 15.6 Å². The Kier molecular flexibility index (Phi) is 7.28. The summed E-state index contributed by atoms with van der Waals surface area (Å²) in [6, 6.07) is 13.2. The first-order chi connectivity index (χ1) is 13.6. The molecule has 0 aliphatic rings. The molecule has 2 aromatic rings. The Balaban J connectivity index is 2.10. The minimum absolute atomic E-state index is 0.0122. The van der Waals surface area contributed by atoms with Crippen molar-refractivity contribution in [1.29, 1.82) is 0 Å². The van der Waals surface area contributed by atoms with Crippen LogP contribution in [0.25, 0.3) is 0 Å². The first kappa shape index (κ1) is 22.3. The van der Waals surface area contributed by atoms with Crippen LogP contribution in [0.15, 0.2) is 48.5 Å². The van der Waals surface area contributed by atoms with Crippen molar-refractivity contribution in [2.75, 3.05) is 16.4 Å². The van der Waals surface area contributed by atoms with Gasteiger partial charge in [0.2, 0.25) is 11.8 Å². The number of nitrogens with one attached hydrogen (secondary N) is 2. The zero-order valence-corrected chi connectivity index (χ0v) is 17.4. The zero-order valence-electron chi connectivity index (χ0n) is 16.6. The molecule has 0 fully saturated rings. The molecule has 7 nitrogen and oxygen atoms in total. The van der Waals surface area contributed by atoms with Crippen molar-refractivity contribution in [2.24, 2.45) is 0 Å². The van der Waals surface area contributed by atoms with Gasteiger partial charge >= 0.3 is 0 Å². The quantitative estimate of drug-likeness (QED) is 0.643. The predicted octanol–water partition coefficient (Wildman–Crippen LogP) is 2.97. The molecule has 0 aliphatic heterocycles. The first-order valence-corrected chi connectivity index (χ1v) is 10.8. The number of carbonyl (C=O) groups is 3. The van der Waals surface area contributed by atoms with Gasteiger partial charge in [-0.2, -0.15) is 0 Å². The van der Waals surface area contributed by atoms with Crippen molar-refractivity contribution in [2.45, 2.75) is 32.4 Å². The highest BCUT2D eigenvalue weighted by Gasteiger charge is 2.33. The highest BCUT2D eigenvalue weighted by Crippen LogP contribution is 2.16. The van der Waals surface area contributed by atoms with E-state index >= 15 is 0 Å². The van der Waals surface area contributed by atoms with Crippen LogP contribution in [0.4, 0.5) is 11.4 Å². The monoisotopic (exact) mass is 416 g/mol. The second-order valence-electron chi connectivity index (χ2n) is 6.75. The van der Waals surface area contributed by atoms with E-state index in [1.165, 1.54) is 13.0 Å². The number of carbonyl (C=O) groups excluding carboxylic acids is 3. The number of rotatable bonds is 8. The van der Waals surface area contributed by atoms with E-state index in [-0.39, 0.29) is 12.2 Å². The molecule has 0 heterocycles. The summed E-state index contributed by atoms with van der Waals surface area (Å²) in [6.07, 6.45) is 0.0122. The van der Waals surface area contributed by atoms with Crippen LogP contribution in [-0.2, 0) is 19.4 Å². The Bertz CT molecular complexity index is 1030. The van der Waals surface area contributed by atoms with Crippen molar-refractivity contribution in [3.8, 4) is 0 Å². The van der Waals surface area contributed by atoms with Crippen LogP contribution >= 0.6 is 0 Å². The number of sulfone groups is 1. The molecular weight excluding hydrogens is 392 g/mol. The molecule has 2 rings (SSSR count). The topological polar surface area (TPSA) is 109 Å². The summed E-state index contributed by atoms with van der Waals surface area (Å²) in [4.78, 5) is 36.2. The molecule has 2 aromatic carbocycles. The molecule has 0 bridgehead atoms. The second-order valence-corrected chi connectivity index (χ2v) is 8.93. The first-order valence-electron chi connectivity index (χ1n) is 9.12. The number of anilines is 2. The Morgan fingerprint density at radius 3 is 2.17 bits per heavy atom. The Morgan fingerprint density at radius 2 is 1.59 bits per heavy atom. The maximum Gasteiger partial charge on any atom is 0.242 e. The van der Waals surface area contributed by atoms with Crippen LogP contribution in [0.5, 0.6) is 0 Å². The Hall–Kier alpha value is -3.00. The molecule has 29 heavy (non-hydrogen) atoms. The maximum absolute atomic E-state index is 12.7. The molecule has 0 radical (unpaired) electrons. The van der Waals surface area contributed by atoms with Gasteiger partial charge in [-0.1, -0.05) is 31.2 Å². The fourth-order valence-electron chi connectivity index (χ4n) is 2.84. The van der Waals surface area contributed by atoms with Gasteiger partial charge in [-0.25, -0.2) is 8.42 Å². The molecule has 154 valence electrons. The van der Waals surface area contributed by atoms with Crippen LogP contribution in [-0.4, -0.2) is 37.0 Å². The average Bonchev–Trinajstić information content (AvgIpc) is 2.61. The summed E-state index contributed by atoms with van der Waals surface area (Å²) in [5.74, 6) is -2.43. The normalized spacial score (nSPS) is 12.1. The number of hydrogen-bond acceptors (Lipinski definition) is 5. The van der Waals surface area contributed by atoms with E-state index in [9.17, 15) is 22.8 Å². The van der Waals surface area contributed by atoms with Crippen LogP contribution < -0.4 is 10.6 Å². The van der Waals surface area contributed by atoms with Crippen LogP contribution in [0, 0.1) is 6.92 Å². The standard InChI is InChI=1S/C21H24N2O5S/c1-4-19(21(26)23-18-10-6-8-16(12-18)15(3)24)29(27,28)13-20(25)22-17-9-5-7-14(2)11-17/h5-12,19H,4,13H2,1-3H3,(H,22,25)(H,23,26). The summed E-state index contributed by atoms with van der Waals surface area (Å²) >= 11 is 0. The van der Waals surface area contributed by atoms with Gasteiger partial charge in [-0.05, 0) is 50.1 Å². The van der Waals surface area contributed by atoms with E-state index in [1.54, 1.807) is 43.3 Å². The largest absolute Gasteiger partial charge is 0.325 e. The molecule has 0 saturated carbocycles. The Labute approximate surface area is 170 Å². The fourth-order valence-corrected chi connectivity index (χ4v) is 4.38. The van der Waals surface area contributed by atoms with Gasteiger partial charge in [0.1, 0.15) is 11.0 Å². The molecular formula is C21H24N2O5S. The van der Waals surface area contributed by atoms with Gasteiger partial charge < -0.3 is 10.6 Å². The number of ketones is 1. The van der Waals surface area contributed by atoms with E-state index in [4.69, 9.17) is 0 Å². The predicted molar refractivity (Wildman–Crippen MR) is 113 cm³/mol. The average molecular weight is 416 g/mol. The third-order valence-corrected chi connectivity index (χ3v) is 6.35. The lowest BCUT2D eigenvalue weighted by Crippen LogP contribution is -2.39. The second kappa shape index (κ2) is 9.47. The molecule has 1 unspecified atom stereocenters. The van der Waals surface area contributed by atoms with Gasteiger partial charge in [0.05, 0.1) is 0 Å². The summed E-state index contributed by atoms with van der Waals surface area (Å²) < 4.78 is 25.3. The highest BCUT2D eigenvalue weighted by atomic mass is 32.2. The summed E-state index contributed by atoms with van der Waals surface area (Å²) in [6.45, 7) is 4.81. The number of Topliss-reactive ketones (excluding diaryl/α,β-unsaturated/α-hetero) is 1. The van der Waals surface area contributed by atoms with E-state index in [2.05, 4.69) is 10.6 Å². The van der Waals surface area contributed by atoms with E-state index in [0.717, 1.165) is 5.56 Å². The van der Waals surface area contributed by atoms with Gasteiger partial charge in [-0.15, -0.1) is 0 Å². The summed E-state index contributed by atoms with van der Waals surface area (Å²) in [5, 5.41) is 3.68. The van der Waals surface area contributed by atoms with Gasteiger partial charge in [-0.3, -0.25) is 14.4 Å². The molecule has 1 atom stereocenters. The van der Waals surface area contributed by atoms with Crippen LogP contribution in [0.1, 0.15) is 36.2 Å². The molecule has 0 aliphatic carbocycles. The van der Waals surface area contributed by atoms with Crippen molar-refractivity contribution in [3.05, 3.63) is 59.7 Å². The van der Waals surface area contributed by atoms with E-state index in [0.29, 0.717) is 16.9 Å². The molecule has 8 heteroatoms. The van der Waals surface area contributed by atoms with E-state index in [1.807, 2.05) is 13.0 Å². The lowest BCUT2D eigenvalue weighted by molar-refractivity contribution is -0.115. The van der Waals surface area contributed by atoms with Crippen molar-refractivity contribution in [1.82, 2.24) is 0 Å². The number of amides is 2. The molecule has 2 amide bonds. The number of hydrogen-bond donors (Lipinski definition) is 2. The van der Waals surface area contributed by atoms with Crippen LogP contribution in [0.3, 0.4) is 0 Å². The molecule has 0 saturated heterocycles. The maximum atomic E-state index is 12.7. The zero-order chi connectivity index (χ0) is 21.6. The minimum Gasteiger partial charge on any atom is -0.325 e. The molecule has 0 spiro atoms. The molecule has 0 aromatic heterocycles. The van der Waals surface area contributed by atoms with Gasteiger partial charge in [0, 0.05) is 16.9 Å². The Morgan fingerprint density at radius 1 is 0.966 bits per heavy atom. The molecule has 2 N–H and O–H groups in total. The van der Waals surface area contributed by atoms with Gasteiger partial charge in [0.25, 0.3) is 0 Å². The third-order valence-electron chi connectivity index (χ3n) is 4.27. The number of aryl methyl sites for hydroxylation is 1. The highest BCUT2D eigenvalue weighted by molar-refractivity contribution is 7.93. The fraction of sp³-hybridized carbons (Fsp3) is 0.286. The SMILES string of the molecule is CCC(C(=O)Nc1cccc(C(C)=O)c1)S(=O)(=O)CC(=O)Nc1cccc(C)c1.